The van der Waals surface area contributed by atoms with E-state index in [1.807, 2.05) is 0 Å². The van der Waals surface area contributed by atoms with Crippen LogP contribution in [0.15, 0.2) is 17.0 Å². The Labute approximate surface area is 145 Å². The van der Waals surface area contributed by atoms with Gasteiger partial charge in [0.05, 0.1) is 5.02 Å². The molecule has 1 saturated heterocycles. The van der Waals surface area contributed by atoms with Crippen molar-refractivity contribution in [3.8, 4) is 5.75 Å². The van der Waals surface area contributed by atoms with Crippen molar-refractivity contribution in [1.82, 2.24) is 9.21 Å². The topological polar surface area (TPSA) is 110 Å². The van der Waals surface area contributed by atoms with E-state index >= 15 is 0 Å². The zero-order valence-corrected chi connectivity index (χ0v) is 14.6. The predicted octanol–water partition coefficient (Wildman–Crippen LogP) is -0.0248. The quantitative estimate of drug-likeness (QED) is 0.702. The lowest BCUT2D eigenvalue weighted by atomic mass is 10.2. The zero-order chi connectivity index (χ0) is 17.9. The van der Waals surface area contributed by atoms with Crippen molar-refractivity contribution in [3.05, 3.63) is 22.7 Å². The van der Waals surface area contributed by atoms with Gasteiger partial charge in [-0.1, -0.05) is 11.6 Å². The van der Waals surface area contributed by atoms with E-state index in [4.69, 9.17) is 22.1 Å². The van der Waals surface area contributed by atoms with Gasteiger partial charge in [0.2, 0.25) is 16.4 Å². The van der Waals surface area contributed by atoms with Crippen molar-refractivity contribution in [2.75, 3.05) is 32.8 Å². The molecule has 0 spiro atoms. The van der Waals surface area contributed by atoms with E-state index < -0.39 is 15.9 Å². The van der Waals surface area contributed by atoms with Crippen molar-refractivity contribution >= 4 is 33.9 Å². The molecule has 10 heteroatoms. The van der Waals surface area contributed by atoms with Crippen LogP contribution in [0.5, 0.6) is 5.75 Å². The molecule has 24 heavy (non-hydrogen) atoms. The fourth-order valence-corrected chi connectivity index (χ4v) is 4.32. The first-order chi connectivity index (χ1) is 11.3. The van der Waals surface area contributed by atoms with Crippen LogP contribution in [0.3, 0.4) is 0 Å². The first kappa shape index (κ1) is 18.5. The number of carbonyl (C=O) groups is 2. The Morgan fingerprint density at radius 2 is 1.96 bits per heavy atom. The van der Waals surface area contributed by atoms with E-state index in [0.717, 1.165) is 0 Å². The molecular weight excluding hydrogens is 358 g/mol. The van der Waals surface area contributed by atoms with Crippen LogP contribution in [0.2, 0.25) is 5.02 Å². The molecule has 1 aliphatic heterocycles. The number of amides is 2. The zero-order valence-electron chi connectivity index (χ0n) is 13.1. The van der Waals surface area contributed by atoms with E-state index in [1.165, 1.54) is 21.3 Å². The molecule has 0 aromatic heterocycles. The summed E-state index contributed by atoms with van der Waals surface area (Å²) in [6.07, 6.45) is 0.693. The number of rotatable bonds is 6. The molecule has 1 aliphatic rings. The number of nitrogens with zero attached hydrogens (tertiary/aromatic N) is 2. The number of aryl methyl sites for hydroxylation is 1. The highest BCUT2D eigenvalue weighted by Gasteiger charge is 2.30. The van der Waals surface area contributed by atoms with Gasteiger partial charge in [0.15, 0.2) is 6.61 Å². The molecule has 1 fully saturated rings. The molecule has 1 aromatic rings. The monoisotopic (exact) mass is 375 g/mol. The maximum Gasteiger partial charge on any atom is 0.255 e. The van der Waals surface area contributed by atoms with Crippen LogP contribution >= 0.6 is 11.6 Å². The summed E-state index contributed by atoms with van der Waals surface area (Å²) >= 11 is 6.10. The Morgan fingerprint density at radius 3 is 2.50 bits per heavy atom. The summed E-state index contributed by atoms with van der Waals surface area (Å²) in [5.41, 5.74) is 5.63. The minimum absolute atomic E-state index is 0.0664. The molecule has 8 nitrogen and oxygen atoms in total. The molecule has 0 radical (unpaired) electrons. The van der Waals surface area contributed by atoms with Gasteiger partial charge in [-0.15, -0.1) is 0 Å². The first-order valence-electron chi connectivity index (χ1n) is 7.16. The lowest BCUT2D eigenvalue weighted by Crippen LogP contribution is -2.48. The van der Waals surface area contributed by atoms with Gasteiger partial charge in [-0.3, -0.25) is 9.59 Å². The Hall–Kier alpha value is -1.84. The van der Waals surface area contributed by atoms with Gasteiger partial charge in [-0.05, 0) is 18.6 Å². The van der Waals surface area contributed by atoms with Crippen LogP contribution in [0.4, 0.5) is 0 Å². The molecule has 2 amide bonds. The molecule has 2 N–H and O–H groups in total. The minimum atomic E-state index is -3.84. The molecule has 0 bridgehead atoms. The number of piperazine rings is 1. The van der Waals surface area contributed by atoms with Gasteiger partial charge in [-0.25, -0.2) is 8.42 Å². The van der Waals surface area contributed by atoms with Crippen molar-refractivity contribution in [2.24, 2.45) is 5.73 Å². The predicted molar refractivity (Wildman–Crippen MR) is 87.3 cm³/mol. The normalized spacial score (nSPS) is 16.0. The molecule has 132 valence electrons. The van der Waals surface area contributed by atoms with Gasteiger partial charge in [0.1, 0.15) is 10.6 Å². The summed E-state index contributed by atoms with van der Waals surface area (Å²) in [6, 6.07) is 2.76. The van der Waals surface area contributed by atoms with Gasteiger partial charge in [0.25, 0.3) is 5.91 Å². The Morgan fingerprint density at radius 1 is 1.33 bits per heavy atom. The minimum Gasteiger partial charge on any atom is -0.483 e. The molecule has 1 heterocycles. The molecule has 0 saturated carbocycles. The van der Waals surface area contributed by atoms with E-state index in [-0.39, 0.29) is 35.4 Å². The SMILES string of the molecule is Cc1cc(Cl)c(S(=O)(=O)N2CCN(C=O)CC2)cc1OCC(N)=O. The highest BCUT2D eigenvalue weighted by Crippen LogP contribution is 2.32. The molecule has 2 rings (SSSR count). The van der Waals surface area contributed by atoms with Gasteiger partial charge >= 0.3 is 0 Å². The maximum absolute atomic E-state index is 12.8. The van der Waals surface area contributed by atoms with Crippen molar-refractivity contribution in [3.63, 3.8) is 0 Å². The number of nitrogens with two attached hydrogens (primary N) is 1. The number of carbonyl (C=O) groups excluding carboxylic acids is 2. The third-order valence-electron chi connectivity index (χ3n) is 3.64. The van der Waals surface area contributed by atoms with Gasteiger partial charge in [0, 0.05) is 32.2 Å². The fourth-order valence-electron chi connectivity index (χ4n) is 2.32. The van der Waals surface area contributed by atoms with E-state index in [1.54, 1.807) is 6.92 Å². The Bertz CT molecular complexity index is 745. The number of benzene rings is 1. The number of sulfonamides is 1. The maximum atomic E-state index is 12.8. The number of primary amides is 1. The van der Waals surface area contributed by atoms with Crippen LogP contribution < -0.4 is 10.5 Å². The summed E-state index contributed by atoms with van der Waals surface area (Å²) in [4.78, 5) is 23.0. The van der Waals surface area contributed by atoms with E-state index in [9.17, 15) is 18.0 Å². The lowest BCUT2D eigenvalue weighted by Gasteiger charge is -2.32. The molecule has 1 aromatic carbocycles. The second kappa shape index (κ2) is 7.37. The number of hydrogen-bond donors (Lipinski definition) is 1. The van der Waals surface area contributed by atoms with Crippen molar-refractivity contribution < 1.29 is 22.7 Å². The average Bonchev–Trinajstić information content (AvgIpc) is 2.53. The Balaban J connectivity index is 2.30. The average molecular weight is 376 g/mol. The molecule has 0 aliphatic carbocycles. The molecular formula is C14H18ClN3O5S. The summed E-state index contributed by atoms with van der Waals surface area (Å²) in [6.45, 7) is 2.32. The second-order valence-electron chi connectivity index (χ2n) is 5.35. The fraction of sp³-hybridized carbons (Fsp3) is 0.429. The first-order valence-corrected chi connectivity index (χ1v) is 8.98. The van der Waals surface area contributed by atoms with E-state index in [2.05, 4.69) is 0 Å². The van der Waals surface area contributed by atoms with Crippen molar-refractivity contribution in [2.45, 2.75) is 11.8 Å². The number of hydrogen-bond acceptors (Lipinski definition) is 5. The lowest BCUT2D eigenvalue weighted by molar-refractivity contribution is -0.120. The van der Waals surface area contributed by atoms with Crippen LogP contribution in [-0.2, 0) is 19.6 Å². The van der Waals surface area contributed by atoms with Crippen LogP contribution in [-0.4, -0.2) is 62.7 Å². The summed E-state index contributed by atoms with van der Waals surface area (Å²) in [5.74, 6) is -0.443. The number of halogens is 1. The van der Waals surface area contributed by atoms with Crippen LogP contribution in [0.1, 0.15) is 5.56 Å². The van der Waals surface area contributed by atoms with Gasteiger partial charge < -0.3 is 15.4 Å². The standard InChI is InChI=1S/C14H18ClN3O5S/c1-10-6-11(15)13(7-12(10)23-8-14(16)20)24(21,22)18-4-2-17(9-19)3-5-18/h6-7,9H,2-5,8H2,1H3,(H2,16,20). The number of ether oxygens (including phenoxy) is 1. The van der Waals surface area contributed by atoms with Crippen LogP contribution in [0, 0.1) is 6.92 Å². The summed E-state index contributed by atoms with van der Waals surface area (Å²) in [5, 5.41) is 0.0664. The van der Waals surface area contributed by atoms with Crippen LogP contribution in [0.25, 0.3) is 0 Å². The molecule has 0 atom stereocenters. The largest absolute Gasteiger partial charge is 0.483 e. The van der Waals surface area contributed by atoms with Gasteiger partial charge in [-0.2, -0.15) is 4.31 Å². The highest BCUT2D eigenvalue weighted by atomic mass is 35.5. The smallest absolute Gasteiger partial charge is 0.255 e. The summed E-state index contributed by atoms with van der Waals surface area (Å²) in [7, 11) is -3.84. The van der Waals surface area contributed by atoms with E-state index in [0.29, 0.717) is 25.1 Å². The van der Waals surface area contributed by atoms with Crippen molar-refractivity contribution in [1.29, 1.82) is 0 Å². The Kier molecular flexibility index (Phi) is 5.68. The third kappa shape index (κ3) is 3.97. The molecule has 0 unspecified atom stereocenters. The third-order valence-corrected chi connectivity index (χ3v) is 6.00. The second-order valence-corrected chi connectivity index (χ2v) is 7.66. The highest BCUT2D eigenvalue weighted by molar-refractivity contribution is 7.89. The summed E-state index contributed by atoms with van der Waals surface area (Å²) < 4.78 is 32.1.